The van der Waals surface area contributed by atoms with Gasteiger partial charge in [0.2, 0.25) is 15.9 Å². The van der Waals surface area contributed by atoms with Gasteiger partial charge in [-0.2, -0.15) is 4.31 Å². The Morgan fingerprint density at radius 1 is 0.906 bits per heavy atom. The van der Waals surface area contributed by atoms with Gasteiger partial charge in [0.25, 0.3) is 0 Å². The van der Waals surface area contributed by atoms with E-state index in [2.05, 4.69) is 5.32 Å². The Morgan fingerprint density at radius 3 is 2.00 bits per heavy atom. The number of nitrogens with one attached hydrogen (secondary N) is 1. The molecule has 0 fully saturated rings. The highest BCUT2D eigenvalue weighted by Gasteiger charge is 2.27. The first-order valence-electron chi connectivity index (χ1n) is 10.0. The zero-order valence-corrected chi connectivity index (χ0v) is 20.1. The van der Waals surface area contributed by atoms with E-state index in [0.29, 0.717) is 10.0 Å². The van der Waals surface area contributed by atoms with Crippen LogP contribution in [0.5, 0.6) is 0 Å². The van der Waals surface area contributed by atoms with E-state index < -0.39 is 15.9 Å². The van der Waals surface area contributed by atoms with Gasteiger partial charge in [-0.15, -0.1) is 0 Å². The maximum absolute atomic E-state index is 13.3. The molecule has 3 aromatic rings. The molecular formula is C24H24Cl2N2O3S. The van der Waals surface area contributed by atoms with Crippen LogP contribution in [0.15, 0.2) is 77.7 Å². The number of carbonyl (C=O) groups is 1. The third kappa shape index (κ3) is 6.33. The molecule has 1 N–H and O–H groups in total. The molecule has 0 aliphatic rings. The van der Waals surface area contributed by atoms with Gasteiger partial charge in [0.15, 0.2) is 0 Å². The summed E-state index contributed by atoms with van der Waals surface area (Å²) in [5, 5.41) is 3.90. The first-order chi connectivity index (χ1) is 15.1. The second-order valence-corrected chi connectivity index (χ2v) is 10.4. The monoisotopic (exact) mass is 490 g/mol. The van der Waals surface area contributed by atoms with Crippen LogP contribution in [0.1, 0.15) is 29.7 Å². The van der Waals surface area contributed by atoms with E-state index in [9.17, 15) is 13.2 Å². The average Bonchev–Trinajstić information content (AvgIpc) is 2.75. The molecule has 8 heteroatoms. The van der Waals surface area contributed by atoms with Crippen LogP contribution in [-0.4, -0.2) is 25.2 Å². The van der Waals surface area contributed by atoms with Gasteiger partial charge in [-0.3, -0.25) is 4.79 Å². The second-order valence-electron chi connectivity index (χ2n) is 7.55. The highest BCUT2D eigenvalue weighted by atomic mass is 35.5. The van der Waals surface area contributed by atoms with Crippen molar-refractivity contribution in [2.24, 2.45) is 0 Å². The lowest BCUT2D eigenvalue weighted by atomic mass is 10.1. The Bertz CT molecular complexity index is 1160. The summed E-state index contributed by atoms with van der Waals surface area (Å²) in [7, 11) is -3.93. The largest absolute Gasteiger partial charge is 0.348 e. The summed E-state index contributed by atoms with van der Waals surface area (Å²) in [4.78, 5) is 12.9. The van der Waals surface area contributed by atoms with Crippen molar-refractivity contribution in [1.29, 1.82) is 0 Å². The fourth-order valence-corrected chi connectivity index (χ4v) is 4.80. The van der Waals surface area contributed by atoms with Crippen molar-refractivity contribution < 1.29 is 13.2 Å². The van der Waals surface area contributed by atoms with Gasteiger partial charge < -0.3 is 5.32 Å². The van der Waals surface area contributed by atoms with Crippen molar-refractivity contribution in [3.8, 4) is 0 Å². The van der Waals surface area contributed by atoms with Gasteiger partial charge in [-0.25, -0.2) is 8.42 Å². The Hall–Kier alpha value is -2.38. The summed E-state index contributed by atoms with van der Waals surface area (Å²) in [5.41, 5.74) is 2.72. The number of benzene rings is 3. The zero-order valence-electron chi connectivity index (χ0n) is 17.8. The quantitative estimate of drug-likeness (QED) is 0.461. The van der Waals surface area contributed by atoms with Crippen LogP contribution < -0.4 is 5.32 Å². The summed E-state index contributed by atoms with van der Waals surface area (Å²) < 4.78 is 27.8. The Kier molecular flexibility index (Phi) is 7.96. The fraction of sp³-hybridized carbons (Fsp3) is 0.208. The molecule has 1 unspecified atom stereocenters. The molecule has 0 aliphatic heterocycles. The minimum Gasteiger partial charge on any atom is -0.348 e. The normalized spacial score (nSPS) is 12.5. The van der Waals surface area contributed by atoms with Crippen LogP contribution in [0.25, 0.3) is 0 Å². The smallest absolute Gasteiger partial charge is 0.243 e. The molecule has 0 saturated heterocycles. The van der Waals surface area contributed by atoms with Gasteiger partial charge in [-0.1, -0.05) is 65.2 Å². The first kappa shape index (κ1) is 24.3. The van der Waals surface area contributed by atoms with Crippen molar-refractivity contribution in [2.75, 3.05) is 6.54 Å². The lowest BCUT2D eigenvalue weighted by Gasteiger charge is -2.23. The number of hydrogen-bond acceptors (Lipinski definition) is 3. The van der Waals surface area contributed by atoms with Crippen LogP contribution in [0, 0.1) is 6.92 Å². The van der Waals surface area contributed by atoms with E-state index in [4.69, 9.17) is 23.2 Å². The molecular weight excluding hydrogens is 467 g/mol. The maximum Gasteiger partial charge on any atom is 0.243 e. The molecule has 0 spiro atoms. The fourth-order valence-electron chi connectivity index (χ4n) is 3.16. The molecule has 0 radical (unpaired) electrons. The number of rotatable bonds is 8. The summed E-state index contributed by atoms with van der Waals surface area (Å²) in [6, 6.07) is 20.3. The molecule has 0 aliphatic carbocycles. The Balaban J connectivity index is 1.82. The maximum atomic E-state index is 13.3. The SMILES string of the molecule is Cc1ccc(CN(CC(=O)NC(C)c2ccc(Cl)cc2)S(=O)(=O)c2ccc(Cl)cc2)cc1. The molecule has 0 saturated carbocycles. The number of sulfonamides is 1. The first-order valence-corrected chi connectivity index (χ1v) is 12.2. The van der Waals surface area contributed by atoms with Gasteiger partial charge in [-0.05, 0) is 61.4 Å². The zero-order chi connectivity index (χ0) is 23.3. The lowest BCUT2D eigenvalue weighted by molar-refractivity contribution is -0.122. The number of carbonyl (C=O) groups excluding carboxylic acids is 1. The molecule has 5 nitrogen and oxygen atoms in total. The highest BCUT2D eigenvalue weighted by molar-refractivity contribution is 7.89. The van der Waals surface area contributed by atoms with E-state index in [1.165, 1.54) is 28.6 Å². The third-order valence-electron chi connectivity index (χ3n) is 5.00. The molecule has 3 aromatic carbocycles. The van der Waals surface area contributed by atoms with Crippen molar-refractivity contribution in [3.63, 3.8) is 0 Å². The molecule has 1 atom stereocenters. The van der Waals surface area contributed by atoms with E-state index in [1.807, 2.05) is 50.2 Å². The van der Waals surface area contributed by atoms with Crippen LogP contribution >= 0.6 is 23.2 Å². The van der Waals surface area contributed by atoms with Crippen LogP contribution in [-0.2, 0) is 21.4 Å². The van der Waals surface area contributed by atoms with Crippen LogP contribution in [0.3, 0.4) is 0 Å². The number of aryl methyl sites for hydroxylation is 1. The van der Waals surface area contributed by atoms with E-state index >= 15 is 0 Å². The van der Waals surface area contributed by atoms with Crippen molar-refractivity contribution >= 4 is 39.1 Å². The minimum absolute atomic E-state index is 0.0635. The molecule has 32 heavy (non-hydrogen) atoms. The van der Waals surface area contributed by atoms with Gasteiger partial charge in [0.1, 0.15) is 0 Å². The molecule has 0 aromatic heterocycles. The minimum atomic E-state index is -3.93. The number of hydrogen-bond donors (Lipinski definition) is 1. The van der Waals surface area contributed by atoms with E-state index in [1.54, 1.807) is 12.1 Å². The lowest BCUT2D eigenvalue weighted by Crippen LogP contribution is -2.41. The molecule has 1 amide bonds. The van der Waals surface area contributed by atoms with Crippen molar-refractivity contribution in [3.05, 3.63) is 99.5 Å². The molecule has 0 bridgehead atoms. The average molecular weight is 491 g/mol. The number of nitrogens with zero attached hydrogens (tertiary/aromatic N) is 1. The van der Waals surface area contributed by atoms with Crippen LogP contribution in [0.4, 0.5) is 0 Å². The summed E-state index contributed by atoms with van der Waals surface area (Å²) in [5.74, 6) is -0.405. The molecule has 3 rings (SSSR count). The second kappa shape index (κ2) is 10.5. The van der Waals surface area contributed by atoms with Gasteiger partial charge in [0.05, 0.1) is 17.5 Å². The Morgan fingerprint density at radius 2 is 1.44 bits per heavy atom. The highest BCUT2D eigenvalue weighted by Crippen LogP contribution is 2.21. The predicted molar refractivity (Wildman–Crippen MR) is 128 cm³/mol. The van der Waals surface area contributed by atoms with Gasteiger partial charge >= 0.3 is 0 Å². The predicted octanol–water partition coefficient (Wildman–Crippen LogP) is 5.37. The number of amides is 1. The molecule has 0 heterocycles. The van der Waals surface area contributed by atoms with E-state index in [-0.39, 0.29) is 24.0 Å². The van der Waals surface area contributed by atoms with Crippen molar-refractivity contribution in [2.45, 2.75) is 31.3 Å². The third-order valence-corrected chi connectivity index (χ3v) is 7.31. The summed E-state index contributed by atoms with van der Waals surface area (Å²) in [6.45, 7) is 3.53. The summed E-state index contributed by atoms with van der Waals surface area (Å²) in [6.07, 6.45) is 0. The topological polar surface area (TPSA) is 66.5 Å². The molecule has 168 valence electrons. The van der Waals surface area contributed by atoms with Crippen LogP contribution in [0.2, 0.25) is 10.0 Å². The number of halogens is 2. The summed E-state index contributed by atoms with van der Waals surface area (Å²) >= 11 is 11.8. The van der Waals surface area contributed by atoms with Gasteiger partial charge in [0, 0.05) is 16.6 Å². The van der Waals surface area contributed by atoms with E-state index in [0.717, 1.165) is 16.7 Å². The van der Waals surface area contributed by atoms with Crippen molar-refractivity contribution in [1.82, 2.24) is 9.62 Å². The standard InChI is InChI=1S/C24H24Cl2N2O3S/c1-17-3-5-19(6-4-17)15-28(32(30,31)23-13-11-22(26)12-14-23)16-24(29)27-18(2)20-7-9-21(25)10-8-20/h3-14,18H,15-16H2,1-2H3,(H,27,29). The Labute approximate surface area is 199 Å².